The lowest BCUT2D eigenvalue weighted by molar-refractivity contribution is 0.550. The number of halogens is 2. The van der Waals surface area contributed by atoms with E-state index in [9.17, 15) is 0 Å². The highest BCUT2D eigenvalue weighted by Gasteiger charge is 2.13. The lowest BCUT2D eigenvalue weighted by Crippen LogP contribution is -2.10. The van der Waals surface area contributed by atoms with E-state index in [0.29, 0.717) is 16.1 Å². The zero-order chi connectivity index (χ0) is 31.5. The molecule has 0 aliphatic rings. The van der Waals surface area contributed by atoms with Gasteiger partial charge in [-0.25, -0.2) is 24.9 Å². The first kappa shape index (κ1) is 32.6. The van der Waals surface area contributed by atoms with Gasteiger partial charge >= 0.3 is 0 Å². The quantitative estimate of drug-likeness (QED) is 0.138. The number of hydrogen-bond acceptors (Lipinski definition) is 9. The summed E-state index contributed by atoms with van der Waals surface area (Å²) < 4.78 is 3.77. The molecule has 0 amide bonds. The Kier molecular flexibility index (Phi) is 9.98. The molecule has 0 aliphatic carbocycles. The van der Waals surface area contributed by atoms with Crippen molar-refractivity contribution in [1.82, 2.24) is 49.5 Å². The van der Waals surface area contributed by atoms with Crippen LogP contribution in [0.15, 0.2) is 67.5 Å². The predicted octanol–water partition coefficient (Wildman–Crippen LogP) is 8.03. The standard InChI is InChI=1S/C23H23ClN8.C8H9ClN4.CH4/c1-14(2)32-21-20(12-28-32)26-13-27-22(21)25-10-9-15-3-6-17(7-4-15)29-23-30-18-8-5-16(24)11-19(18)31-23;1-5(2)13-7-6(3-12-13)10-4-11-8(7)9;/h3-8,11-14H,9-10H2,1-2H3,(H,25,26,27)(H2,29,30,31);3-5H,1-2H3;1H4. The summed E-state index contributed by atoms with van der Waals surface area (Å²) in [5.74, 6) is 1.50. The molecule has 5 heterocycles. The van der Waals surface area contributed by atoms with Gasteiger partial charge in [-0.1, -0.05) is 42.8 Å². The minimum absolute atomic E-state index is 0. The summed E-state index contributed by atoms with van der Waals surface area (Å²) in [6.07, 6.45) is 7.36. The summed E-state index contributed by atoms with van der Waals surface area (Å²) in [5, 5.41) is 16.5. The molecule has 0 radical (unpaired) electrons. The minimum atomic E-state index is 0. The monoisotopic (exact) mass is 658 g/mol. The van der Waals surface area contributed by atoms with Crippen LogP contribution in [0, 0.1) is 0 Å². The van der Waals surface area contributed by atoms with Crippen molar-refractivity contribution >= 4 is 73.8 Å². The van der Waals surface area contributed by atoms with Crippen molar-refractivity contribution in [2.24, 2.45) is 0 Å². The number of anilines is 3. The van der Waals surface area contributed by atoms with Gasteiger partial charge in [0, 0.05) is 29.3 Å². The molecule has 3 N–H and O–H groups in total. The van der Waals surface area contributed by atoms with Crippen LogP contribution in [0.25, 0.3) is 33.1 Å². The molecule has 0 unspecified atom stereocenters. The van der Waals surface area contributed by atoms with Crippen LogP contribution in [-0.4, -0.2) is 56.0 Å². The van der Waals surface area contributed by atoms with E-state index >= 15 is 0 Å². The normalized spacial score (nSPS) is 11.2. The Labute approximate surface area is 276 Å². The second-order valence-electron chi connectivity index (χ2n) is 11.0. The second kappa shape index (κ2) is 14.1. The fourth-order valence-corrected chi connectivity index (χ4v) is 5.31. The Hall–Kier alpha value is -4.81. The summed E-state index contributed by atoms with van der Waals surface area (Å²) in [4.78, 5) is 24.5. The van der Waals surface area contributed by atoms with Crippen LogP contribution in [0.1, 0.15) is 52.8 Å². The molecule has 46 heavy (non-hydrogen) atoms. The van der Waals surface area contributed by atoms with Crippen molar-refractivity contribution in [1.29, 1.82) is 0 Å². The summed E-state index contributed by atoms with van der Waals surface area (Å²) in [6, 6.07) is 14.4. The summed E-state index contributed by atoms with van der Waals surface area (Å²) in [5.41, 5.74) is 7.34. The number of nitrogens with one attached hydrogen (secondary N) is 3. The van der Waals surface area contributed by atoms with E-state index < -0.39 is 0 Å². The van der Waals surface area contributed by atoms with E-state index in [1.165, 1.54) is 11.9 Å². The van der Waals surface area contributed by atoms with E-state index in [4.69, 9.17) is 23.2 Å². The van der Waals surface area contributed by atoms with Gasteiger partial charge in [0.05, 0.1) is 23.4 Å². The number of aromatic amines is 1. The number of hydrogen-bond donors (Lipinski definition) is 3. The molecular formula is C32H36Cl2N12. The fraction of sp³-hybridized carbons (Fsp3) is 0.281. The molecule has 0 atom stereocenters. The van der Waals surface area contributed by atoms with Crippen molar-refractivity contribution < 1.29 is 0 Å². The van der Waals surface area contributed by atoms with Crippen LogP contribution in [0.3, 0.4) is 0 Å². The number of rotatable bonds is 8. The Morgan fingerprint density at radius 3 is 2.13 bits per heavy atom. The molecular weight excluding hydrogens is 623 g/mol. The molecule has 0 saturated carbocycles. The van der Waals surface area contributed by atoms with Crippen LogP contribution in [0.4, 0.5) is 17.5 Å². The van der Waals surface area contributed by atoms with Crippen molar-refractivity contribution in [3.05, 3.63) is 83.3 Å². The molecule has 0 bridgehead atoms. The number of H-pyrrole nitrogens is 1. The van der Waals surface area contributed by atoms with Crippen molar-refractivity contribution in [3.8, 4) is 0 Å². The molecule has 12 nitrogen and oxygen atoms in total. The Morgan fingerprint density at radius 2 is 1.43 bits per heavy atom. The number of nitrogens with zero attached hydrogens (tertiary/aromatic N) is 9. The van der Waals surface area contributed by atoms with Gasteiger partial charge in [0.15, 0.2) is 11.0 Å². The van der Waals surface area contributed by atoms with Crippen LogP contribution in [-0.2, 0) is 6.42 Å². The van der Waals surface area contributed by atoms with Gasteiger partial charge in [0.1, 0.15) is 34.7 Å². The maximum Gasteiger partial charge on any atom is 0.205 e. The Morgan fingerprint density at radius 1 is 0.783 bits per heavy atom. The number of benzene rings is 2. The van der Waals surface area contributed by atoms with Crippen LogP contribution >= 0.6 is 23.2 Å². The maximum atomic E-state index is 6.05. The molecule has 7 aromatic rings. The number of aromatic nitrogens is 10. The highest BCUT2D eigenvalue weighted by molar-refractivity contribution is 6.33. The number of fused-ring (bicyclic) bond motifs is 3. The van der Waals surface area contributed by atoms with Crippen molar-refractivity contribution in [2.75, 3.05) is 17.2 Å². The van der Waals surface area contributed by atoms with Gasteiger partial charge in [0.25, 0.3) is 0 Å². The van der Waals surface area contributed by atoms with E-state index in [1.54, 1.807) is 18.7 Å². The summed E-state index contributed by atoms with van der Waals surface area (Å²) in [6.45, 7) is 9.02. The molecule has 7 rings (SSSR count). The highest BCUT2D eigenvalue weighted by Crippen LogP contribution is 2.24. The summed E-state index contributed by atoms with van der Waals surface area (Å²) in [7, 11) is 0. The van der Waals surface area contributed by atoms with E-state index in [2.05, 4.69) is 76.7 Å². The van der Waals surface area contributed by atoms with Crippen molar-refractivity contribution in [3.63, 3.8) is 0 Å². The van der Waals surface area contributed by atoms with Crippen LogP contribution in [0.2, 0.25) is 10.2 Å². The lowest BCUT2D eigenvalue weighted by atomic mass is 10.1. The third-order valence-corrected chi connectivity index (χ3v) is 7.58. The van der Waals surface area contributed by atoms with Gasteiger partial charge in [-0.05, 0) is 70.0 Å². The zero-order valence-electron chi connectivity index (χ0n) is 25.2. The first-order valence-corrected chi connectivity index (χ1v) is 15.3. The third-order valence-electron chi connectivity index (χ3n) is 7.07. The van der Waals surface area contributed by atoms with Crippen molar-refractivity contribution in [2.45, 2.75) is 53.6 Å². The smallest absolute Gasteiger partial charge is 0.205 e. The molecule has 14 heteroatoms. The van der Waals surface area contributed by atoms with E-state index in [0.717, 1.165) is 57.6 Å². The van der Waals surface area contributed by atoms with Gasteiger partial charge in [-0.3, -0.25) is 9.36 Å². The Bertz CT molecular complexity index is 2060. The maximum absolute atomic E-state index is 6.05. The molecule has 0 saturated heterocycles. The van der Waals surface area contributed by atoms with E-state index in [1.807, 2.05) is 53.5 Å². The third kappa shape index (κ3) is 7.03. The SMILES string of the molecule is C.CC(C)n1ncc2ncnc(Cl)c21.CC(C)n1ncc2ncnc(NCCc3ccc(Nc4nc5ccc(Cl)cc5[nH]4)cc3)c21. The topological polar surface area (TPSA) is 140 Å². The lowest BCUT2D eigenvalue weighted by Gasteiger charge is -2.11. The first-order valence-electron chi connectivity index (χ1n) is 14.5. The first-order chi connectivity index (χ1) is 21.8. The fourth-order valence-electron chi connectivity index (χ4n) is 4.91. The average molecular weight is 660 g/mol. The van der Waals surface area contributed by atoms with Gasteiger partial charge in [-0.2, -0.15) is 10.2 Å². The minimum Gasteiger partial charge on any atom is -0.368 e. The average Bonchev–Trinajstić information content (AvgIpc) is 3.75. The largest absolute Gasteiger partial charge is 0.368 e. The summed E-state index contributed by atoms with van der Waals surface area (Å²) >= 11 is 12.0. The van der Waals surface area contributed by atoms with Gasteiger partial charge in [0.2, 0.25) is 5.95 Å². The molecule has 5 aromatic heterocycles. The van der Waals surface area contributed by atoms with E-state index in [-0.39, 0.29) is 19.5 Å². The molecule has 238 valence electrons. The highest BCUT2D eigenvalue weighted by atomic mass is 35.5. The number of imidazole rings is 1. The Balaban J connectivity index is 0.000000250. The van der Waals surface area contributed by atoms with Crippen LogP contribution in [0.5, 0.6) is 0 Å². The molecule has 2 aromatic carbocycles. The van der Waals surface area contributed by atoms with Crippen LogP contribution < -0.4 is 10.6 Å². The molecule has 0 fully saturated rings. The molecule has 0 spiro atoms. The zero-order valence-corrected chi connectivity index (χ0v) is 26.7. The van der Waals surface area contributed by atoms with Gasteiger partial charge < -0.3 is 15.6 Å². The molecule has 0 aliphatic heterocycles. The second-order valence-corrected chi connectivity index (χ2v) is 11.8. The van der Waals surface area contributed by atoms with Gasteiger partial charge in [-0.15, -0.1) is 0 Å². The predicted molar refractivity (Wildman–Crippen MR) is 186 cm³/mol.